The molecule has 2 aliphatic rings. The van der Waals surface area contributed by atoms with Gasteiger partial charge in [0, 0.05) is 44.7 Å². The van der Waals surface area contributed by atoms with Crippen molar-refractivity contribution in [3.63, 3.8) is 0 Å². The van der Waals surface area contributed by atoms with Gasteiger partial charge in [0.25, 0.3) is 0 Å². The standard InChI is InChI=1S/C26H31N3O4S/c30-25(8-4-7-21-5-2-1-3-6-21)28-17-19-29(20-18-28)26(31)16-11-22-9-14-24(15-10-22)34(32,33)27-23-12-13-23/h1-3,5-6,9-11,14-16,23,27H,4,7-8,12-13,17-20H2/b16-11+. The van der Waals surface area contributed by atoms with E-state index < -0.39 is 10.0 Å². The Morgan fingerprint density at radius 3 is 2.21 bits per heavy atom. The fraction of sp³-hybridized carbons (Fsp3) is 0.385. The van der Waals surface area contributed by atoms with Gasteiger partial charge in [-0.15, -0.1) is 0 Å². The van der Waals surface area contributed by atoms with E-state index in [0.29, 0.717) is 32.6 Å². The molecule has 8 heteroatoms. The van der Waals surface area contributed by atoms with Gasteiger partial charge in [-0.25, -0.2) is 13.1 Å². The molecule has 7 nitrogen and oxygen atoms in total. The Morgan fingerprint density at radius 2 is 1.56 bits per heavy atom. The van der Waals surface area contributed by atoms with Crippen LogP contribution in [0.4, 0.5) is 0 Å². The van der Waals surface area contributed by atoms with Crippen molar-refractivity contribution in [2.24, 2.45) is 0 Å². The minimum absolute atomic E-state index is 0.0623. The van der Waals surface area contributed by atoms with E-state index in [4.69, 9.17) is 0 Å². The molecule has 4 rings (SSSR count). The third kappa shape index (κ3) is 6.77. The number of aryl methyl sites for hydroxylation is 1. The molecule has 0 radical (unpaired) electrons. The fourth-order valence-electron chi connectivity index (χ4n) is 3.94. The van der Waals surface area contributed by atoms with Crippen molar-refractivity contribution < 1.29 is 18.0 Å². The van der Waals surface area contributed by atoms with Gasteiger partial charge in [0.05, 0.1) is 4.90 Å². The molecular weight excluding hydrogens is 450 g/mol. The SMILES string of the molecule is O=C(/C=C/c1ccc(S(=O)(=O)NC2CC2)cc1)N1CCN(C(=O)CCCc2ccccc2)CC1. The Balaban J connectivity index is 1.20. The van der Waals surface area contributed by atoms with Crippen molar-refractivity contribution in [1.82, 2.24) is 14.5 Å². The molecule has 2 aromatic carbocycles. The maximum atomic E-state index is 12.6. The van der Waals surface area contributed by atoms with Crippen LogP contribution in [0.25, 0.3) is 6.08 Å². The van der Waals surface area contributed by atoms with Crippen LogP contribution in [0.1, 0.15) is 36.8 Å². The molecule has 1 aliphatic heterocycles. The lowest BCUT2D eigenvalue weighted by atomic mass is 10.1. The van der Waals surface area contributed by atoms with E-state index in [1.807, 2.05) is 23.1 Å². The minimum atomic E-state index is -3.48. The first kappa shape index (κ1) is 24.2. The number of sulfonamides is 1. The fourth-order valence-corrected chi connectivity index (χ4v) is 5.25. The van der Waals surface area contributed by atoms with Crippen molar-refractivity contribution in [3.05, 3.63) is 71.8 Å². The lowest BCUT2D eigenvalue weighted by Crippen LogP contribution is -2.50. The van der Waals surface area contributed by atoms with Gasteiger partial charge >= 0.3 is 0 Å². The summed E-state index contributed by atoms with van der Waals surface area (Å²) in [4.78, 5) is 28.9. The predicted octanol–water partition coefficient (Wildman–Crippen LogP) is 2.83. The first-order valence-electron chi connectivity index (χ1n) is 11.8. The Labute approximate surface area is 201 Å². The molecule has 1 saturated heterocycles. The number of nitrogens with zero attached hydrogens (tertiary/aromatic N) is 2. The third-order valence-corrected chi connectivity index (χ3v) is 7.69. The molecule has 2 aromatic rings. The highest BCUT2D eigenvalue weighted by Crippen LogP contribution is 2.22. The average molecular weight is 482 g/mol. The van der Waals surface area contributed by atoms with Crippen LogP contribution < -0.4 is 4.72 Å². The highest BCUT2D eigenvalue weighted by Gasteiger charge is 2.28. The van der Waals surface area contributed by atoms with Crippen LogP contribution >= 0.6 is 0 Å². The topological polar surface area (TPSA) is 86.8 Å². The number of hydrogen-bond acceptors (Lipinski definition) is 4. The van der Waals surface area contributed by atoms with Crippen LogP contribution in [-0.4, -0.2) is 62.3 Å². The number of nitrogens with one attached hydrogen (secondary N) is 1. The number of piperazine rings is 1. The molecule has 0 aromatic heterocycles. The van der Waals surface area contributed by atoms with E-state index in [-0.39, 0.29) is 22.8 Å². The maximum Gasteiger partial charge on any atom is 0.246 e. The summed E-state index contributed by atoms with van der Waals surface area (Å²) < 4.78 is 27.1. The van der Waals surface area contributed by atoms with E-state index in [1.165, 1.54) is 11.6 Å². The van der Waals surface area contributed by atoms with Crippen molar-refractivity contribution in [2.45, 2.75) is 43.0 Å². The Kier molecular flexibility index (Phi) is 7.80. The zero-order valence-electron chi connectivity index (χ0n) is 19.2. The lowest BCUT2D eigenvalue weighted by Gasteiger charge is -2.34. The molecule has 1 heterocycles. The van der Waals surface area contributed by atoms with Gasteiger partial charge in [0.2, 0.25) is 21.8 Å². The minimum Gasteiger partial charge on any atom is -0.339 e. The van der Waals surface area contributed by atoms with Gasteiger partial charge in [-0.2, -0.15) is 0 Å². The Bertz CT molecular complexity index is 1120. The first-order chi connectivity index (χ1) is 16.4. The first-order valence-corrected chi connectivity index (χ1v) is 13.3. The number of rotatable bonds is 9. The van der Waals surface area contributed by atoms with Crippen LogP contribution in [0.2, 0.25) is 0 Å². The third-order valence-electron chi connectivity index (χ3n) is 6.15. The molecular formula is C26H31N3O4S. The van der Waals surface area contributed by atoms with E-state index >= 15 is 0 Å². The normalized spacial score (nSPS) is 16.7. The van der Waals surface area contributed by atoms with Crippen LogP contribution in [0.15, 0.2) is 65.6 Å². The average Bonchev–Trinajstić information content (AvgIpc) is 3.67. The summed E-state index contributed by atoms with van der Waals surface area (Å²) in [5, 5.41) is 0. The molecule has 1 saturated carbocycles. The largest absolute Gasteiger partial charge is 0.339 e. The summed E-state index contributed by atoms with van der Waals surface area (Å²) in [5.41, 5.74) is 2.00. The lowest BCUT2D eigenvalue weighted by molar-refractivity contribution is -0.137. The van der Waals surface area contributed by atoms with Crippen molar-refractivity contribution in [3.8, 4) is 0 Å². The molecule has 2 amide bonds. The molecule has 180 valence electrons. The monoisotopic (exact) mass is 481 g/mol. The number of hydrogen-bond donors (Lipinski definition) is 1. The molecule has 2 fully saturated rings. The molecule has 0 bridgehead atoms. The molecule has 1 N–H and O–H groups in total. The summed E-state index contributed by atoms with van der Waals surface area (Å²) in [6.45, 7) is 2.11. The van der Waals surface area contributed by atoms with Gasteiger partial charge in [-0.05, 0) is 55.0 Å². The van der Waals surface area contributed by atoms with E-state index in [2.05, 4.69) is 16.9 Å². The number of carbonyl (C=O) groups excluding carboxylic acids is 2. The van der Waals surface area contributed by atoms with Gasteiger partial charge in [0.1, 0.15) is 0 Å². The maximum absolute atomic E-state index is 12.6. The van der Waals surface area contributed by atoms with Crippen LogP contribution in [0, 0.1) is 0 Å². The summed E-state index contributed by atoms with van der Waals surface area (Å²) >= 11 is 0. The molecule has 1 aliphatic carbocycles. The summed E-state index contributed by atoms with van der Waals surface area (Å²) in [5.74, 6) is 0.0352. The summed E-state index contributed by atoms with van der Waals surface area (Å²) in [6, 6.07) is 16.7. The Morgan fingerprint density at radius 1 is 0.912 bits per heavy atom. The van der Waals surface area contributed by atoms with Crippen LogP contribution in [0.5, 0.6) is 0 Å². The van der Waals surface area contributed by atoms with Crippen LogP contribution in [-0.2, 0) is 26.0 Å². The van der Waals surface area contributed by atoms with E-state index in [1.54, 1.807) is 35.2 Å². The zero-order chi connectivity index (χ0) is 24.0. The summed E-state index contributed by atoms with van der Waals surface area (Å²) in [7, 11) is -3.48. The molecule has 0 atom stereocenters. The van der Waals surface area contributed by atoms with E-state index in [9.17, 15) is 18.0 Å². The number of amides is 2. The van der Waals surface area contributed by atoms with Gasteiger partial charge in [-0.1, -0.05) is 42.5 Å². The highest BCUT2D eigenvalue weighted by atomic mass is 32.2. The second kappa shape index (κ2) is 11.0. The van der Waals surface area contributed by atoms with Gasteiger partial charge in [-0.3, -0.25) is 9.59 Å². The van der Waals surface area contributed by atoms with Crippen molar-refractivity contribution in [2.75, 3.05) is 26.2 Å². The quantitative estimate of drug-likeness (QED) is 0.558. The smallest absolute Gasteiger partial charge is 0.246 e. The highest BCUT2D eigenvalue weighted by molar-refractivity contribution is 7.89. The van der Waals surface area contributed by atoms with E-state index in [0.717, 1.165) is 31.2 Å². The zero-order valence-corrected chi connectivity index (χ0v) is 20.0. The van der Waals surface area contributed by atoms with Crippen molar-refractivity contribution >= 4 is 27.9 Å². The summed E-state index contributed by atoms with van der Waals surface area (Å²) in [6.07, 6.45) is 7.20. The molecule has 34 heavy (non-hydrogen) atoms. The molecule has 0 unspecified atom stereocenters. The Hall–Kier alpha value is -2.97. The van der Waals surface area contributed by atoms with Gasteiger partial charge < -0.3 is 9.80 Å². The second-order valence-corrected chi connectivity index (χ2v) is 10.6. The predicted molar refractivity (Wildman–Crippen MR) is 131 cm³/mol. The number of benzene rings is 2. The van der Waals surface area contributed by atoms with Crippen molar-refractivity contribution in [1.29, 1.82) is 0 Å². The number of carbonyl (C=O) groups is 2. The molecule has 0 spiro atoms. The van der Waals surface area contributed by atoms with Gasteiger partial charge in [0.15, 0.2) is 0 Å². The van der Waals surface area contributed by atoms with Crippen LogP contribution in [0.3, 0.4) is 0 Å². The second-order valence-electron chi connectivity index (χ2n) is 8.84.